The third kappa shape index (κ3) is 4.55. The normalized spacial score (nSPS) is 15.6. The molecule has 0 aromatic heterocycles. The monoisotopic (exact) mass is 458 g/mol. The number of hydrogen-bond donors (Lipinski definition) is 0. The molecule has 0 spiro atoms. The molecule has 1 aliphatic heterocycles. The van der Waals surface area contributed by atoms with E-state index in [2.05, 4.69) is 91.0 Å². The van der Waals surface area contributed by atoms with Gasteiger partial charge in [0.1, 0.15) is 0 Å². The van der Waals surface area contributed by atoms with Crippen molar-refractivity contribution in [3.05, 3.63) is 91.0 Å². The molecule has 0 aliphatic carbocycles. The summed E-state index contributed by atoms with van der Waals surface area (Å²) in [4.78, 5) is 0. The maximum atomic E-state index is 5.88. The minimum absolute atomic E-state index is 0. The van der Waals surface area contributed by atoms with Crippen LogP contribution in [0.2, 0.25) is 0 Å². The first-order chi connectivity index (χ1) is 13.4. The van der Waals surface area contributed by atoms with Crippen molar-refractivity contribution in [3.63, 3.8) is 0 Å². The van der Waals surface area contributed by atoms with Crippen LogP contribution in [0.5, 0.6) is 0 Å². The van der Waals surface area contributed by atoms with Gasteiger partial charge in [0.25, 0.3) is 0 Å². The van der Waals surface area contributed by atoms with E-state index in [9.17, 15) is 0 Å². The third-order valence-electron chi connectivity index (χ3n) is 5.45. The molecule has 3 aromatic carbocycles. The summed E-state index contributed by atoms with van der Waals surface area (Å²) in [5, 5.41) is 4.33. The maximum absolute atomic E-state index is 5.88. The first-order valence-electron chi connectivity index (χ1n) is 9.79. The van der Waals surface area contributed by atoms with E-state index in [-0.39, 0.29) is 23.3 Å². The van der Waals surface area contributed by atoms with Gasteiger partial charge < -0.3 is 0 Å². The summed E-state index contributed by atoms with van der Waals surface area (Å²) in [5.41, 5.74) is 0. The summed E-state index contributed by atoms with van der Waals surface area (Å²) in [7, 11) is -2.17. The van der Waals surface area contributed by atoms with Crippen LogP contribution in [0, 0.1) is 0 Å². The van der Waals surface area contributed by atoms with Crippen molar-refractivity contribution < 1.29 is 9.47 Å². The SMILES string of the molecule is Br.c1ccc([PH](CCC2OCCCO2)(c2ccccc2)c2ccccc2)cc1. The van der Waals surface area contributed by atoms with Gasteiger partial charge in [-0.05, 0) is 0 Å². The fraction of sp³-hybridized carbons (Fsp3) is 0.250. The van der Waals surface area contributed by atoms with E-state index >= 15 is 0 Å². The molecule has 3 aromatic rings. The van der Waals surface area contributed by atoms with Gasteiger partial charge in [0.15, 0.2) is 0 Å². The van der Waals surface area contributed by atoms with Crippen molar-refractivity contribution >= 4 is 40.2 Å². The van der Waals surface area contributed by atoms with Gasteiger partial charge in [-0.2, -0.15) is 0 Å². The van der Waals surface area contributed by atoms with Crippen molar-refractivity contribution in [2.75, 3.05) is 19.4 Å². The van der Waals surface area contributed by atoms with E-state index in [0.29, 0.717) is 0 Å². The summed E-state index contributed by atoms with van der Waals surface area (Å²) >= 11 is 0. The van der Waals surface area contributed by atoms with Crippen LogP contribution >= 0.6 is 24.2 Å². The van der Waals surface area contributed by atoms with Crippen LogP contribution < -0.4 is 15.9 Å². The van der Waals surface area contributed by atoms with Crippen molar-refractivity contribution in [2.45, 2.75) is 19.1 Å². The molecule has 0 N–H and O–H groups in total. The molecule has 0 unspecified atom stereocenters. The number of ether oxygens (including phenoxy) is 2. The Morgan fingerprint density at radius 1 is 0.643 bits per heavy atom. The van der Waals surface area contributed by atoms with Crippen molar-refractivity contribution in [1.82, 2.24) is 0 Å². The predicted octanol–water partition coefficient (Wildman–Crippen LogP) is 4.44. The van der Waals surface area contributed by atoms with Crippen molar-refractivity contribution in [2.24, 2.45) is 0 Å². The fourth-order valence-electron chi connectivity index (χ4n) is 4.14. The van der Waals surface area contributed by atoms with Crippen LogP contribution in [-0.4, -0.2) is 25.7 Å². The average molecular weight is 459 g/mol. The van der Waals surface area contributed by atoms with Crippen molar-refractivity contribution in [3.8, 4) is 0 Å². The summed E-state index contributed by atoms with van der Waals surface area (Å²) in [5.74, 6) is 0. The Morgan fingerprint density at radius 3 is 1.43 bits per heavy atom. The van der Waals surface area contributed by atoms with Gasteiger partial charge in [-0.25, -0.2) is 0 Å². The fourth-order valence-corrected chi connectivity index (χ4v) is 8.96. The molecule has 4 heteroatoms. The Bertz CT molecular complexity index is 724. The van der Waals surface area contributed by atoms with E-state index in [1.54, 1.807) is 0 Å². The molecular weight excluding hydrogens is 431 g/mol. The zero-order valence-electron chi connectivity index (χ0n) is 16.0. The second-order valence-corrected chi connectivity index (χ2v) is 11.1. The molecule has 1 fully saturated rings. The van der Waals surface area contributed by atoms with E-state index in [1.807, 2.05) is 0 Å². The van der Waals surface area contributed by atoms with Gasteiger partial charge in [-0.15, -0.1) is 17.0 Å². The Hall–Kier alpha value is -1.51. The first-order valence-corrected chi connectivity index (χ1v) is 12.0. The Kier molecular flexibility index (Phi) is 7.82. The summed E-state index contributed by atoms with van der Waals surface area (Å²) in [6, 6.07) is 33.1. The topological polar surface area (TPSA) is 18.5 Å². The quantitative estimate of drug-likeness (QED) is 0.508. The van der Waals surface area contributed by atoms with E-state index in [4.69, 9.17) is 9.47 Å². The van der Waals surface area contributed by atoms with Gasteiger partial charge in [0.05, 0.1) is 0 Å². The van der Waals surface area contributed by atoms with Gasteiger partial charge in [0, 0.05) is 0 Å². The summed E-state index contributed by atoms with van der Waals surface area (Å²) < 4.78 is 11.8. The van der Waals surface area contributed by atoms with Crippen LogP contribution in [0.15, 0.2) is 91.0 Å². The summed E-state index contributed by atoms with van der Waals surface area (Å²) in [6.07, 6.45) is 2.90. The van der Waals surface area contributed by atoms with Crippen LogP contribution in [-0.2, 0) is 9.47 Å². The van der Waals surface area contributed by atoms with Crippen molar-refractivity contribution in [1.29, 1.82) is 0 Å². The Labute approximate surface area is 179 Å². The first kappa shape index (κ1) is 21.2. The molecule has 2 nitrogen and oxygen atoms in total. The Balaban J connectivity index is 0.00000225. The molecule has 28 heavy (non-hydrogen) atoms. The predicted molar refractivity (Wildman–Crippen MR) is 127 cm³/mol. The molecular formula is C24H28BrO2P. The van der Waals surface area contributed by atoms with Crippen LogP contribution in [0.4, 0.5) is 0 Å². The number of rotatable bonds is 6. The third-order valence-corrected chi connectivity index (χ3v) is 10.4. The van der Waals surface area contributed by atoms with Gasteiger partial charge in [-0.1, -0.05) is 0 Å². The van der Waals surface area contributed by atoms with Gasteiger partial charge in [0.2, 0.25) is 0 Å². The zero-order chi connectivity index (χ0) is 18.4. The molecule has 0 amide bonds. The zero-order valence-corrected chi connectivity index (χ0v) is 18.7. The standard InChI is InChI=1S/C24H27O2P.BrH/c1-4-11-21(12-5-1)27(22-13-6-2-7-14-22,23-15-8-3-9-16-23)20-17-24-25-18-10-19-26-24;/h1-9,11-16,24,27H,10,17-20H2;1H. The average Bonchev–Trinajstić information content (AvgIpc) is 2.77. The van der Waals surface area contributed by atoms with Gasteiger partial charge in [-0.3, -0.25) is 0 Å². The van der Waals surface area contributed by atoms with E-state index < -0.39 is 7.26 Å². The van der Waals surface area contributed by atoms with Crippen LogP contribution in [0.1, 0.15) is 12.8 Å². The van der Waals surface area contributed by atoms with E-state index in [0.717, 1.165) is 32.2 Å². The minimum atomic E-state index is -2.17. The number of benzene rings is 3. The molecule has 148 valence electrons. The molecule has 0 radical (unpaired) electrons. The summed E-state index contributed by atoms with van der Waals surface area (Å²) in [6.45, 7) is 1.61. The molecule has 1 aliphatic rings. The molecule has 1 heterocycles. The molecule has 4 rings (SSSR count). The van der Waals surface area contributed by atoms with E-state index in [1.165, 1.54) is 15.9 Å². The van der Waals surface area contributed by atoms with Crippen LogP contribution in [0.3, 0.4) is 0 Å². The van der Waals surface area contributed by atoms with Crippen LogP contribution in [0.25, 0.3) is 0 Å². The molecule has 1 saturated heterocycles. The molecule has 0 atom stereocenters. The molecule has 0 bridgehead atoms. The van der Waals surface area contributed by atoms with Gasteiger partial charge >= 0.3 is 162 Å². The second-order valence-electron chi connectivity index (χ2n) is 7.07. The molecule has 0 saturated carbocycles. The Morgan fingerprint density at radius 2 is 1.04 bits per heavy atom. The second kappa shape index (κ2) is 10.3. The number of hydrogen-bond acceptors (Lipinski definition) is 2. The number of halogens is 1.